The van der Waals surface area contributed by atoms with Gasteiger partial charge < -0.3 is 15.7 Å². The summed E-state index contributed by atoms with van der Waals surface area (Å²) < 4.78 is 0. The van der Waals surface area contributed by atoms with Crippen molar-refractivity contribution in [3.05, 3.63) is 60.4 Å². The Morgan fingerprint density at radius 2 is 2.21 bits per heavy atom. The molecule has 0 aliphatic carbocycles. The summed E-state index contributed by atoms with van der Waals surface area (Å²) in [5.74, 6) is 1.58. The first-order valence-electron chi connectivity index (χ1n) is 10.6. The first-order chi connectivity index (χ1) is 15.7. The maximum atomic E-state index is 11.7. The van der Waals surface area contributed by atoms with Gasteiger partial charge in [-0.15, -0.1) is 12.3 Å². The van der Waals surface area contributed by atoms with E-state index in [1.165, 1.54) is 0 Å². The summed E-state index contributed by atoms with van der Waals surface area (Å²) >= 11 is 0. The zero-order chi connectivity index (χ0) is 24.8. The molecular weight excluding hydrogens is 418 g/mol. The number of hydrogen-bond donors (Lipinski definition) is 3. The van der Waals surface area contributed by atoms with Crippen LogP contribution in [0.2, 0.25) is 0 Å². The highest BCUT2D eigenvalue weighted by molar-refractivity contribution is 6.47. The highest BCUT2D eigenvalue weighted by atomic mass is 16.4. The van der Waals surface area contributed by atoms with Crippen LogP contribution in [-0.4, -0.2) is 66.1 Å². The van der Waals surface area contributed by atoms with Gasteiger partial charge in [-0.1, -0.05) is 43.0 Å². The topological polar surface area (TPSA) is 106 Å². The maximum Gasteiger partial charge on any atom is 0.321 e. The monoisotopic (exact) mass is 451 g/mol. The van der Waals surface area contributed by atoms with Crippen LogP contribution in [0, 0.1) is 12.3 Å². The molecule has 33 heavy (non-hydrogen) atoms. The summed E-state index contributed by atoms with van der Waals surface area (Å²) in [6, 6.07) is -0.697. The molecular formula is C25H33N5O3. The molecule has 0 spiro atoms. The van der Waals surface area contributed by atoms with Gasteiger partial charge in [-0.3, -0.25) is 14.6 Å². The van der Waals surface area contributed by atoms with Gasteiger partial charge in [-0.05, 0) is 39.0 Å². The molecule has 176 valence electrons. The molecule has 0 bridgehead atoms. The molecule has 1 rings (SSSR count). The highest BCUT2D eigenvalue weighted by Crippen LogP contribution is 2.18. The van der Waals surface area contributed by atoms with E-state index in [1.807, 2.05) is 26.0 Å². The summed E-state index contributed by atoms with van der Waals surface area (Å²) in [6.07, 6.45) is 14.9. The fraction of sp³-hybridized carbons (Fsp3) is 0.360. The number of piperazine rings is 1. The van der Waals surface area contributed by atoms with Gasteiger partial charge in [0.15, 0.2) is 0 Å². The molecule has 1 unspecified atom stereocenters. The summed E-state index contributed by atoms with van der Waals surface area (Å²) in [4.78, 5) is 27.7. The van der Waals surface area contributed by atoms with Gasteiger partial charge >= 0.3 is 5.97 Å². The molecule has 1 aliphatic rings. The molecule has 8 nitrogen and oxygen atoms in total. The van der Waals surface area contributed by atoms with Crippen molar-refractivity contribution >= 4 is 23.3 Å². The highest BCUT2D eigenvalue weighted by Gasteiger charge is 2.17. The number of likely N-dealkylation sites (N-methyl/N-ethyl adjacent to an activating group) is 1. The number of carboxylic acid groups (broad SMARTS) is 1. The number of hydrazone groups is 1. The van der Waals surface area contributed by atoms with Crippen LogP contribution in [0.5, 0.6) is 0 Å². The Morgan fingerprint density at radius 1 is 1.48 bits per heavy atom. The largest absolute Gasteiger partial charge is 0.480 e. The molecule has 1 heterocycles. The summed E-state index contributed by atoms with van der Waals surface area (Å²) in [6.45, 7) is 12.8. The average molecular weight is 452 g/mol. The van der Waals surface area contributed by atoms with Crippen molar-refractivity contribution in [2.45, 2.75) is 32.7 Å². The number of terminal acetylenes is 1. The van der Waals surface area contributed by atoms with Gasteiger partial charge in [-0.2, -0.15) is 5.10 Å². The number of hydrogen-bond acceptors (Lipinski definition) is 6. The standard InChI is InChI=1S/C25H33N5O3/c1-7-10-20(15-18(4)16-23(26-6)25(32)33)19(5)28-21(11-8-2)22(12-9-3)29-30-14-13-27-24(31)17-30/h3,7-8,10-11,15,23,26H,1,5,12-14,16-17H2,2,4,6H3,(H,27,31)(H,32,33)/b11-8-,18-15+,20-10+,28-21?,29-22+. The van der Waals surface area contributed by atoms with E-state index in [0.717, 1.165) is 5.57 Å². The Balaban J connectivity index is 3.30. The van der Waals surface area contributed by atoms with Gasteiger partial charge in [0, 0.05) is 6.54 Å². The van der Waals surface area contributed by atoms with Crippen LogP contribution in [0.1, 0.15) is 26.7 Å². The van der Waals surface area contributed by atoms with Gasteiger partial charge in [0.25, 0.3) is 0 Å². The smallest absolute Gasteiger partial charge is 0.321 e. The first-order valence-corrected chi connectivity index (χ1v) is 10.6. The first kappa shape index (κ1) is 27.3. The van der Waals surface area contributed by atoms with Crippen LogP contribution in [0.15, 0.2) is 70.5 Å². The minimum atomic E-state index is -0.923. The van der Waals surface area contributed by atoms with E-state index in [9.17, 15) is 14.7 Å². The molecule has 1 aliphatic heterocycles. The van der Waals surface area contributed by atoms with Crippen LogP contribution in [0.25, 0.3) is 0 Å². The van der Waals surface area contributed by atoms with Gasteiger partial charge in [0.2, 0.25) is 5.91 Å². The molecule has 1 saturated heterocycles. The second-order valence-electron chi connectivity index (χ2n) is 7.34. The van der Waals surface area contributed by atoms with E-state index in [-0.39, 0.29) is 18.9 Å². The van der Waals surface area contributed by atoms with E-state index >= 15 is 0 Å². The van der Waals surface area contributed by atoms with Crippen molar-refractivity contribution in [1.29, 1.82) is 0 Å². The van der Waals surface area contributed by atoms with E-state index in [4.69, 9.17) is 6.42 Å². The Labute approximate surface area is 196 Å². The Hall–Kier alpha value is -3.70. The lowest BCUT2D eigenvalue weighted by atomic mass is 10.0. The fourth-order valence-electron chi connectivity index (χ4n) is 3.03. The predicted octanol–water partition coefficient (Wildman–Crippen LogP) is 2.45. The molecule has 1 amide bonds. The van der Waals surface area contributed by atoms with Crippen molar-refractivity contribution in [2.75, 3.05) is 26.7 Å². The second-order valence-corrected chi connectivity index (χ2v) is 7.34. The summed E-state index contributed by atoms with van der Waals surface area (Å²) in [5.41, 5.74) is 3.05. The third kappa shape index (κ3) is 9.54. The van der Waals surface area contributed by atoms with Crippen LogP contribution in [0.3, 0.4) is 0 Å². The molecule has 1 atom stereocenters. The molecule has 3 N–H and O–H groups in total. The van der Waals surface area contributed by atoms with Gasteiger partial charge in [-0.25, -0.2) is 4.99 Å². The molecule has 1 fully saturated rings. The zero-order valence-electron chi connectivity index (χ0n) is 19.6. The Kier molecular flexibility index (Phi) is 11.9. The molecule has 0 saturated carbocycles. The normalized spacial score (nSPS) is 16.9. The lowest BCUT2D eigenvalue weighted by Gasteiger charge is -2.24. The molecule has 0 aromatic rings. The van der Waals surface area contributed by atoms with Crippen LogP contribution in [0.4, 0.5) is 0 Å². The number of carbonyl (C=O) groups excluding carboxylic acids is 1. The Morgan fingerprint density at radius 3 is 2.76 bits per heavy atom. The van der Waals surface area contributed by atoms with E-state index in [2.05, 4.69) is 39.8 Å². The number of allylic oxidation sites excluding steroid dienone is 5. The number of aliphatic imine (C=N–C) groups is 1. The number of rotatable bonds is 12. The third-order valence-electron chi connectivity index (χ3n) is 4.63. The van der Waals surface area contributed by atoms with Crippen LogP contribution >= 0.6 is 0 Å². The van der Waals surface area contributed by atoms with Crippen molar-refractivity contribution in [3.63, 3.8) is 0 Å². The lowest BCUT2D eigenvalue weighted by molar-refractivity contribution is -0.139. The van der Waals surface area contributed by atoms with Crippen molar-refractivity contribution in [3.8, 4) is 12.3 Å². The number of aliphatic carboxylic acids is 1. The van der Waals surface area contributed by atoms with E-state index < -0.39 is 12.0 Å². The average Bonchev–Trinajstić information content (AvgIpc) is 2.76. The van der Waals surface area contributed by atoms with Gasteiger partial charge in [0.1, 0.15) is 12.6 Å². The predicted molar refractivity (Wildman–Crippen MR) is 134 cm³/mol. The number of nitrogens with zero attached hydrogens (tertiary/aromatic N) is 3. The fourth-order valence-corrected chi connectivity index (χ4v) is 3.03. The SMILES string of the molecule is C#CC/C(=N\N1CCNC(=O)C1)C(/C=C\C)=NC(=C)C(/C=C(\C)CC(NC)C(=O)O)=C/C=C. The molecule has 0 aromatic carbocycles. The molecule has 0 radical (unpaired) electrons. The number of carboxylic acids is 1. The van der Waals surface area contributed by atoms with Gasteiger partial charge in [0.05, 0.1) is 30.1 Å². The van der Waals surface area contributed by atoms with E-state index in [0.29, 0.717) is 42.2 Å². The van der Waals surface area contributed by atoms with Crippen LogP contribution in [-0.2, 0) is 9.59 Å². The number of carbonyl (C=O) groups is 2. The van der Waals surface area contributed by atoms with Crippen molar-refractivity contribution in [2.24, 2.45) is 10.1 Å². The van der Waals surface area contributed by atoms with Crippen molar-refractivity contribution < 1.29 is 14.7 Å². The molecule has 8 heteroatoms. The van der Waals surface area contributed by atoms with E-state index in [1.54, 1.807) is 30.3 Å². The lowest BCUT2D eigenvalue weighted by Crippen LogP contribution is -2.45. The minimum absolute atomic E-state index is 0.1000. The maximum absolute atomic E-state index is 11.7. The molecule has 0 aromatic heterocycles. The Bertz CT molecular complexity index is 948. The zero-order valence-corrected chi connectivity index (χ0v) is 19.6. The number of amides is 1. The quantitative estimate of drug-likeness (QED) is 0.240. The summed E-state index contributed by atoms with van der Waals surface area (Å²) in [7, 11) is 1.61. The third-order valence-corrected chi connectivity index (χ3v) is 4.63. The van der Waals surface area contributed by atoms with Crippen molar-refractivity contribution in [1.82, 2.24) is 15.6 Å². The summed E-state index contributed by atoms with van der Waals surface area (Å²) in [5, 5.41) is 21.1. The number of nitrogens with one attached hydrogen (secondary N) is 2. The minimum Gasteiger partial charge on any atom is -0.480 e. The second kappa shape index (κ2) is 14.4. The van der Waals surface area contributed by atoms with Crippen LogP contribution < -0.4 is 10.6 Å².